The van der Waals surface area contributed by atoms with Crippen molar-refractivity contribution in [2.75, 3.05) is 11.9 Å². The van der Waals surface area contributed by atoms with E-state index in [0.29, 0.717) is 0 Å². The van der Waals surface area contributed by atoms with E-state index in [1.807, 2.05) is 25.1 Å². The SMILES string of the molecule is C\C=C/C=C\C(C)=C\c1c(C)ccc2c3cc(-c4ccc(N(C)c5ccccc5)c(-c5ccccc5-c5ccc(-c6ccccc6C)c(C)c5)c4)ccc3n(-c3ccccc3)c12.Cc1ccccc1. The smallest absolute Gasteiger partial charge is 0.0616 e. The molecule has 0 amide bonds. The van der Waals surface area contributed by atoms with Crippen molar-refractivity contribution >= 4 is 39.3 Å². The van der Waals surface area contributed by atoms with Crippen molar-refractivity contribution < 1.29 is 0 Å². The predicted molar refractivity (Wildman–Crippen MR) is 300 cm³/mol. The third-order valence-corrected chi connectivity index (χ3v) is 13.2. The maximum atomic E-state index is 2.45. The first-order valence-corrected chi connectivity index (χ1v) is 24.0. The molecule has 0 unspecified atom stereocenters. The van der Waals surface area contributed by atoms with Crippen LogP contribution in [0.25, 0.3) is 78.1 Å². The zero-order valence-corrected chi connectivity index (χ0v) is 40.9. The van der Waals surface area contributed by atoms with E-state index in [-0.39, 0.29) is 0 Å². The summed E-state index contributed by atoms with van der Waals surface area (Å²) in [6.07, 6.45) is 10.8. The average Bonchev–Trinajstić information content (AvgIpc) is 3.72. The molecule has 0 fully saturated rings. The minimum atomic E-state index is 1.14. The first-order valence-electron chi connectivity index (χ1n) is 24.0. The number of nitrogens with zero attached hydrogens (tertiary/aromatic N) is 2. The summed E-state index contributed by atoms with van der Waals surface area (Å²) in [6.45, 7) is 13.0. The van der Waals surface area contributed by atoms with Crippen LogP contribution in [0.2, 0.25) is 0 Å². The van der Waals surface area contributed by atoms with Gasteiger partial charge in [0.25, 0.3) is 0 Å². The predicted octanol–water partition coefficient (Wildman–Crippen LogP) is 18.7. The molecule has 0 atom stereocenters. The van der Waals surface area contributed by atoms with Gasteiger partial charge in [0.1, 0.15) is 0 Å². The Morgan fingerprint density at radius 2 is 1.07 bits per heavy atom. The van der Waals surface area contributed by atoms with Crippen LogP contribution in [0.3, 0.4) is 0 Å². The average molecular weight is 893 g/mol. The highest BCUT2D eigenvalue weighted by atomic mass is 15.1. The fourth-order valence-electron chi connectivity index (χ4n) is 9.56. The molecule has 0 saturated carbocycles. The van der Waals surface area contributed by atoms with Crippen molar-refractivity contribution in [2.24, 2.45) is 0 Å². The molecule has 0 aliphatic heterocycles. The molecule has 10 aromatic rings. The Hall–Kier alpha value is -8.20. The number of para-hydroxylation sites is 2. The molecule has 2 heteroatoms. The molecule has 0 spiro atoms. The van der Waals surface area contributed by atoms with Gasteiger partial charge in [0.2, 0.25) is 0 Å². The second kappa shape index (κ2) is 20.8. The molecular weight excluding hydrogens is 833 g/mol. The number of benzene rings is 9. The summed E-state index contributed by atoms with van der Waals surface area (Å²) in [6, 6.07) is 74.8. The van der Waals surface area contributed by atoms with Gasteiger partial charge in [-0.1, -0.05) is 193 Å². The summed E-state index contributed by atoms with van der Waals surface area (Å²) in [5.41, 5.74) is 23.1. The van der Waals surface area contributed by atoms with E-state index in [9.17, 15) is 0 Å². The van der Waals surface area contributed by atoms with Gasteiger partial charge in [0.15, 0.2) is 0 Å². The molecule has 10 rings (SSSR count). The third-order valence-electron chi connectivity index (χ3n) is 13.2. The molecule has 338 valence electrons. The van der Waals surface area contributed by atoms with Crippen LogP contribution in [0.4, 0.5) is 11.4 Å². The number of hydrogen-bond acceptors (Lipinski definition) is 1. The van der Waals surface area contributed by atoms with Crippen LogP contribution in [-0.4, -0.2) is 11.6 Å². The lowest BCUT2D eigenvalue weighted by Gasteiger charge is -2.25. The Bertz CT molecular complexity index is 3500. The molecule has 1 heterocycles. The van der Waals surface area contributed by atoms with E-state index in [1.165, 1.54) is 99.7 Å². The van der Waals surface area contributed by atoms with Gasteiger partial charge in [-0.25, -0.2) is 0 Å². The highest BCUT2D eigenvalue weighted by Crippen LogP contribution is 2.44. The first-order chi connectivity index (χ1) is 33.7. The largest absolute Gasteiger partial charge is 0.344 e. The number of allylic oxidation sites excluding steroid dienone is 5. The van der Waals surface area contributed by atoms with E-state index >= 15 is 0 Å². The lowest BCUT2D eigenvalue weighted by molar-refractivity contribution is 1.17. The minimum absolute atomic E-state index is 1.14. The molecule has 0 radical (unpaired) electrons. The van der Waals surface area contributed by atoms with Crippen molar-refractivity contribution in [1.29, 1.82) is 0 Å². The Labute approximate surface area is 409 Å². The summed E-state index contributed by atoms with van der Waals surface area (Å²) in [5.74, 6) is 0. The fourth-order valence-corrected chi connectivity index (χ4v) is 9.56. The minimum Gasteiger partial charge on any atom is -0.344 e. The van der Waals surface area contributed by atoms with Gasteiger partial charge in [-0.05, 0) is 152 Å². The van der Waals surface area contributed by atoms with Crippen LogP contribution in [-0.2, 0) is 0 Å². The lowest BCUT2D eigenvalue weighted by atomic mass is 9.88. The standard InChI is InChI=1S/C60H52N2.C7H8/c1-7-8-11-20-41(2)37-55-43(4)29-33-54-57-40-46(32-36-59(57)62(60(54)55)49-24-14-10-15-25-49)45-31-35-58(61(6)48-22-12-9-13-23-48)56(39-45)53-28-19-18-27-52(53)47-30-34-51(44(5)38-47)50-26-17-16-21-42(50)3;1-7-5-3-2-4-6-7/h7-40H,1-6H3;2-6H,1H3/b8-7-,20-11-,41-37+;. The van der Waals surface area contributed by atoms with Crippen LogP contribution in [0.1, 0.15) is 41.7 Å². The molecule has 0 N–H and O–H groups in total. The van der Waals surface area contributed by atoms with Gasteiger partial charge in [-0.2, -0.15) is 0 Å². The van der Waals surface area contributed by atoms with Gasteiger partial charge in [-0.15, -0.1) is 0 Å². The summed E-state index contributed by atoms with van der Waals surface area (Å²) >= 11 is 0. The number of hydrogen-bond donors (Lipinski definition) is 0. The van der Waals surface area contributed by atoms with Crippen molar-refractivity contribution in [3.8, 4) is 50.2 Å². The van der Waals surface area contributed by atoms with Crippen LogP contribution < -0.4 is 4.90 Å². The van der Waals surface area contributed by atoms with E-state index in [2.05, 4.69) is 270 Å². The number of aromatic nitrogens is 1. The molecule has 9 aromatic carbocycles. The molecule has 0 bridgehead atoms. The second-order valence-corrected chi connectivity index (χ2v) is 18.0. The van der Waals surface area contributed by atoms with E-state index < -0.39 is 0 Å². The van der Waals surface area contributed by atoms with Gasteiger partial charge in [-0.3, -0.25) is 0 Å². The van der Waals surface area contributed by atoms with Gasteiger partial charge >= 0.3 is 0 Å². The number of fused-ring (bicyclic) bond motifs is 3. The quantitative estimate of drug-likeness (QED) is 0.124. The number of aryl methyl sites for hydroxylation is 4. The molecule has 2 nitrogen and oxygen atoms in total. The fraction of sp³-hybridized carbons (Fsp3) is 0.104. The molecule has 0 aliphatic rings. The number of rotatable bonds is 10. The highest BCUT2D eigenvalue weighted by molar-refractivity contribution is 6.13. The van der Waals surface area contributed by atoms with Crippen LogP contribution >= 0.6 is 0 Å². The highest BCUT2D eigenvalue weighted by Gasteiger charge is 2.20. The van der Waals surface area contributed by atoms with Gasteiger partial charge in [0, 0.05) is 46.0 Å². The van der Waals surface area contributed by atoms with Crippen molar-refractivity contribution in [3.05, 3.63) is 264 Å². The zero-order valence-electron chi connectivity index (χ0n) is 40.9. The normalized spacial score (nSPS) is 11.7. The van der Waals surface area contributed by atoms with Crippen LogP contribution in [0.5, 0.6) is 0 Å². The Morgan fingerprint density at radius 1 is 0.464 bits per heavy atom. The van der Waals surface area contributed by atoms with Crippen molar-refractivity contribution in [3.63, 3.8) is 0 Å². The van der Waals surface area contributed by atoms with Crippen LogP contribution in [0.15, 0.2) is 236 Å². The topological polar surface area (TPSA) is 8.17 Å². The molecule has 0 saturated heterocycles. The molecule has 69 heavy (non-hydrogen) atoms. The molecule has 1 aromatic heterocycles. The Balaban J connectivity index is 0.000000779. The second-order valence-electron chi connectivity index (χ2n) is 18.0. The van der Waals surface area contributed by atoms with E-state index in [0.717, 1.165) is 17.1 Å². The lowest BCUT2D eigenvalue weighted by Crippen LogP contribution is -2.10. The Morgan fingerprint density at radius 3 is 1.75 bits per heavy atom. The van der Waals surface area contributed by atoms with Gasteiger partial charge in [0.05, 0.1) is 11.0 Å². The summed E-state index contributed by atoms with van der Waals surface area (Å²) in [5, 5.41) is 2.47. The van der Waals surface area contributed by atoms with Crippen molar-refractivity contribution in [1.82, 2.24) is 4.57 Å². The maximum Gasteiger partial charge on any atom is 0.0616 e. The van der Waals surface area contributed by atoms with Gasteiger partial charge < -0.3 is 9.47 Å². The van der Waals surface area contributed by atoms with E-state index in [4.69, 9.17) is 0 Å². The summed E-state index contributed by atoms with van der Waals surface area (Å²) in [7, 11) is 2.17. The first kappa shape index (κ1) is 45.9. The summed E-state index contributed by atoms with van der Waals surface area (Å²) < 4.78 is 2.45. The maximum absolute atomic E-state index is 2.45. The number of anilines is 2. The molecular formula is C67H60N2. The van der Waals surface area contributed by atoms with E-state index in [1.54, 1.807) is 0 Å². The third kappa shape index (κ3) is 9.80. The Kier molecular flexibility index (Phi) is 13.8. The zero-order chi connectivity index (χ0) is 47.9. The van der Waals surface area contributed by atoms with Crippen molar-refractivity contribution in [2.45, 2.75) is 41.5 Å². The summed E-state index contributed by atoms with van der Waals surface area (Å²) in [4.78, 5) is 2.31. The molecule has 0 aliphatic carbocycles. The monoisotopic (exact) mass is 892 g/mol. The van der Waals surface area contributed by atoms with Crippen LogP contribution in [0, 0.1) is 27.7 Å².